The third-order valence-electron chi connectivity index (χ3n) is 4.54. The van der Waals surface area contributed by atoms with Gasteiger partial charge in [0.15, 0.2) is 0 Å². The van der Waals surface area contributed by atoms with Crippen LogP contribution in [0.5, 0.6) is 0 Å². The molecule has 0 bridgehead atoms. The lowest BCUT2D eigenvalue weighted by atomic mass is 10.1. The third kappa shape index (κ3) is 5.57. The largest absolute Gasteiger partial charge is 0.379 e. The standard InChI is InChI=1S/C16H29N3O3/c1-15(20)18(10-9-17-11-13-22-14-12-17)8-5-16(21)19-6-3-2-4-7-19/h2-14H2,1H3. The van der Waals surface area contributed by atoms with Crippen LogP contribution in [-0.2, 0) is 14.3 Å². The van der Waals surface area contributed by atoms with Gasteiger partial charge in [-0.2, -0.15) is 0 Å². The molecule has 0 aromatic rings. The molecule has 0 atom stereocenters. The highest BCUT2D eigenvalue weighted by molar-refractivity contribution is 5.78. The van der Waals surface area contributed by atoms with E-state index in [0.717, 1.165) is 58.8 Å². The zero-order chi connectivity index (χ0) is 15.8. The molecule has 2 fully saturated rings. The first-order valence-electron chi connectivity index (χ1n) is 8.50. The van der Waals surface area contributed by atoms with Crippen molar-refractivity contribution >= 4 is 11.8 Å². The van der Waals surface area contributed by atoms with Crippen molar-refractivity contribution in [2.24, 2.45) is 0 Å². The predicted molar refractivity (Wildman–Crippen MR) is 84.6 cm³/mol. The van der Waals surface area contributed by atoms with Crippen molar-refractivity contribution in [1.82, 2.24) is 14.7 Å². The fourth-order valence-corrected chi connectivity index (χ4v) is 3.05. The highest BCUT2D eigenvalue weighted by Crippen LogP contribution is 2.10. The van der Waals surface area contributed by atoms with Crippen molar-refractivity contribution in [2.45, 2.75) is 32.6 Å². The smallest absolute Gasteiger partial charge is 0.224 e. The second-order valence-electron chi connectivity index (χ2n) is 6.15. The van der Waals surface area contributed by atoms with Crippen molar-refractivity contribution in [3.63, 3.8) is 0 Å². The third-order valence-corrected chi connectivity index (χ3v) is 4.54. The quantitative estimate of drug-likeness (QED) is 0.720. The average molecular weight is 311 g/mol. The number of likely N-dealkylation sites (tertiary alicyclic amines) is 1. The van der Waals surface area contributed by atoms with Crippen LogP contribution < -0.4 is 0 Å². The number of rotatable bonds is 6. The molecule has 0 saturated carbocycles. The first-order valence-corrected chi connectivity index (χ1v) is 8.50. The summed E-state index contributed by atoms with van der Waals surface area (Å²) in [6.45, 7) is 8.85. The monoisotopic (exact) mass is 311 g/mol. The SMILES string of the molecule is CC(=O)N(CCC(=O)N1CCCCC1)CCN1CCOCC1. The van der Waals surface area contributed by atoms with Gasteiger partial charge in [-0.05, 0) is 19.3 Å². The Morgan fingerprint density at radius 3 is 2.32 bits per heavy atom. The molecule has 6 heteroatoms. The maximum absolute atomic E-state index is 12.2. The number of morpholine rings is 1. The van der Waals surface area contributed by atoms with Crippen LogP contribution in [0.1, 0.15) is 32.6 Å². The van der Waals surface area contributed by atoms with Gasteiger partial charge in [0, 0.05) is 59.2 Å². The van der Waals surface area contributed by atoms with Gasteiger partial charge in [0.25, 0.3) is 0 Å². The number of carbonyl (C=O) groups is 2. The van der Waals surface area contributed by atoms with Crippen molar-refractivity contribution in [1.29, 1.82) is 0 Å². The lowest BCUT2D eigenvalue weighted by Gasteiger charge is -2.30. The molecule has 22 heavy (non-hydrogen) atoms. The summed E-state index contributed by atoms with van der Waals surface area (Å²) in [5.41, 5.74) is 0. The summed E-state index contributed by atoms with van der Waals surface area (Å²) in [6.07, 6.45) is 3.89. The van der Waals surface area contributed by atoms with Crippen LogP contribution in [0.4, 0.5) is 0 Å². The first-order chi connectivity index (χ1) is 10.7. The molecular formula is C16H29N3O3. The molecule has 0 aliphatic carbocycles. The molecule has 2 amide bonds. The van der Waals surface area contributed by atoms with Crippen molar-refractivity contribution < 1.29 is 14.3 Å². The summed E-state index contributed by atoms with van der Waals surface area (Å²) in [6, 6.07) is 0. The molecule has 0 radical (unpaired) electrons. The van der Waals surface area contributed by atoms with Gasteiger partial charge in [-0.15, -0.1) is 0 Å². The van der Waals surface area contributed by atoms with Crippen molar-refractivity contribution in [2.75, 3.05) is 59.0 Å². The minimum absolute atomic E-state index is 0.0553. The summed E-state index contributed by atoms with van der Waals surface area (Å²) < 4.78 is 5.33. The second-order valence-corrected chi connectivity index (χ2v) is 6.15. The second kappa shape index (κ2) is 9.10. The van der Waals surface area contributed by atoms with Crippen molar-refractivity contribution in [3.05, 3.63) is 0 Å². The van der Waals surface area contributed by atoms with Gasteiger partial charge in [0.2, 0.25) is 11.8 Å². The van der Waals surface area contributed by atoms with Crippen LogP contribution in [0, 0.1) is 0 Å². The number of carbonyl (C=O) groups excluding carboxylic acids is 2. The first kappa shape index (κ1) is 17.2. The molecular weight excluding hydrogens is 282 g/mol. The lowest BCUT2D eigenvalue weighted by Crippen LogP contribution is -2.44. The Kier molecular flexibility index (Phi) is 7.12. The van der Waals surface area contributed by atoms with E-state index < -0.39 is 0 Å². The summed E-state index contributed by atoms with van der Waals surface area (Å²) in [5, 5.41) is 0. The van der Waals surface area contributed by atoms with E-state index in [4.69, 9.17) is 4.74 Å². The zero-order valence-corrected chi connectivity index (χ0v) is 13.8. The molecule has 126 valence electrons. The van der Waals surface area contributed by atoms with Crippen LogP contribution in [0.15, 0.2) is 0 Å². The number of hydrogen-bond acceptors (Lipinski definition) is 4. The molecule has 2 saturated heterocycles. The highest BCUT2D eigenvalue weighted by atomic mass is 16.5. The summed E-state index contributed by atoms with van der Waals surface area (Å²) >= 11 is 0. The Hall–Kier alpha value is -1.14. The normalized spacial score (nSPS) is 20.0. The number of nitrogens with zero attached hydrogens (tertiary/aromatic N) is 3. The number of ether oxygens (including phenoxy) is 1. The van der Waals surface area contributed by atoms with Gasteiger partial charge in [-0.25, -0.2) is 0 Å². The minimum atomic E-state index is 0.0553. The summed E-state index contributed by atoms with van der Waals surface area (Å²) in [7, 11) is 0. The van der Waals surface area contributed by atoms with Gasteiger partial charge in [-0.1, -0.05) is 0 Å². The Morgan fingerprint density at radius 2 is 1.68 bits per heavy atom. The maximum Gasteiger partial charge on any atom is 0.224 e. The van der Waals surface area contributed by atoms with Gasteiger partial charge < -0.3 is 14.5 Å². The van der Waals surface area contributed by atoms with E-state index in [1.54, 1.807) is 11.8 Å². The molecule has 2 heterocycles. The van der Waals surface area contributed by atoms with Gasteiger partial charge in [0.05, 0.1) is 13.2 Å². The fraction of sp³-hybridized carbons (Fsp3) is 0.875. The van der Waals surface area contributed by atoms with Crippen LogP contribution in [0.2, 0.25) is 0 Å². The minimum Gasteiger partial charge on any atom is -0.379 e. The number of piperidine rings is 1. The van der Waals surface area contributed by atoms with Gasteiger partial charge >= 0.3 is 0 Å². The number of hydrogen-bond donors (Lipinski definition) is 0. The molecule has 0 aromatic heterocycles. The van der Waals surface area contributed by atoms with E-state index >= 15 is 0 Å². The topological polar surface area (TPSA) is 53.1 Å². The molecule has 6 nitrogen and oxygen atoms in total. The van der Waals surface area contributed by atoms with E-state index in [2.05, 4.69) is 4.90 Å². The molecule has 2 rings (SSSR count). The van der Waals surface area contributed by atoms with E-state index in [9.17, 15) is 9.59 Å². The molecule has 0 N–H and O–H groups in total. The summed E-state index contributed by atoms with van der Waals surface area (Å²) in [5.74, 6) is 0.247. The van der Waals surface area contributed by atoms with E-state index in [0.29, 0.717) is 19.5 Å². The van der Waals surface area contributed by atoms with Crippen LogP contribution in [0.25, 0.3) is 0 Å². The number of amides is 2. The van der Waals surface area contributed by atoms with E-state index in [-0.39, 0.29) is 11.8 Å². The molecule has 2 aliphatic heterocycles. The molecule has 0 aromatic carbocycles. The van der Waals surface area contributed by atoms with Crippen molar-refractivity contribution in [3.8, 4) is 0 Å². The average Bonchev–Trinajstić information content (AvgIpc) is 2.56. The predicted octanol–water partition coefficient (Wildman–Crippen LogP) is 0.570. The molecule has 0 unspecified atom stereocenters. The Bertz CT molecular complexity index is 364. The molecule has 0 spiro atoms. The van der Waals surface area contributed by atoms with E-state index in [1.807, 2.05) is 4.90 Å². The van der Waals surface area contributed by atoms with E-state index in [1.165, 1.54) is 6.42 Å². The Morgan fingerprint density at radius 1 is 1.00 bits per heavy atom. The Balaban J connectivity index is 1.71. The lowest BCUT2D eigenvalue weighted by molar-refractivity contribution is -0.134. The summed E-state index contributed by atoms with van der Waals surface area (Å²) in [4.78, 5) is 30.0. The van der Waals surface area contributed by atoms with Crippen LogP contribution >= 0.6 is 0 Å². The zero-order valence-electron chi connectivity index (χ0n) is 13.8. The Labute approximate surface area is 133 Å². The van der Waals surface area contributed by atoms with Crippen LogP contribution in [0.3, 0.4) is 0 Å². The van der Waals surface area contributed by atoms with Gasteiger partial charge in [-0.3, -0.25) is 14.5 Å². The molecule has 2 aliphatic rings. The van der Waals surface area contributed by atoms with Gasteiger partial charge in [0.1, 0.15) is 0 Å². The maximum atomic E-state index is 12.2. The highest BCUT2D eigenvalue weighted by Gasteiger charge is 2.19. The van der Waals surface area contributed by atoms with Crippen LogP contribution in [-0.4, -0.2) is 85.5 Å². The fourth-order valence-electron chi connectivity index (χ4n) is 3.05.